The topological polar surface area (TPSA) is 97.5 Å². The van der Waals surface area contributed by atoms with E-state index in [0.29, 0.717) is 0 Å². The van der Waals surface area contributed by atoms with Gasteiger partial charge in [-0.15, -0.1) is 0 Å². The average molecular weight is 358 g/mol. The zero-order chi connectivity index (χ0) is 17.3. The van der Waals surface area contributed by atoms with E-state index in [9.17, 15) is 21.2 Å². The molecule has 0 saturated heterocycles. The molecule has 0 saturated carbocycles. The van der Waals surface area contributed by atoms with Gasteiger partial charge in [-0.25, -0.2) is 26.4 Å². The van der Waals surface area contributed by atoms with E-state index in [-0.39, 0.29) is 21.9 Å². The predicted octanol–water partition coefficient (Wildman–Crippen LogP) is 1.29. The predicted molar refractivity (Wildman–Crippen MR) is 82.9 cm³/mol. The third-order valence-electron chi connectivity index (χ3n) is 3.21. The second kappa shape index (κ2) is 6.36. The first-order valence-electron chi connectivity index (χ1n) is 6.45. The second-order valence-corrected chi connectivity index (χ2v) is 8.48. The molecule has 2 N–H and O–H groups in total. The van der Waals surface area contributed by atoms with E-state index in [0.717, 1.165) is 28.6 Å². The molecule has 124 valence electrons. The average Bonchev–Trinajstić information content (AvgIpc) is 2.48. The van der Waals surface area contributed by atoms with Crippen molar-refractivity contribution in [3.63, 3.8) is 0 Å². The molecule has 6 nitrogen and oxygen atoms in total. The van der Waals surface area contributed by atoms with Crippen molar-refractivity contribution in [2.24, 2.45) is 5.14 Å². The molecule has 0 aliphatic carbocycles. The first kappa shape index (κ1) is 17.5. The number of halogens is 1. The lowest BCUT2D eigenvalue weighted by atomic mass is 10.2. The van der Waals surface area contributed by atoms with Crippen LogP contribution >= 0.6 is 0 Å². The summed E-state index contributed by atoms with van der Waals surface area (Å²) in [5.74, 6) is -0.501. The lowest BCUT2D eigenvalue weighted by Crippen LogP contribution is -2.27. The molecule has 0 radical (unpaired) electrons. The summed E-state index contributed by atoms with van der Waals surface area (Å²) in [7, 11) is -6.47. The first-order valence-corrected chi connectivity index (χ1v) is 9.43. The van der Waals surface area contributed by atoms with Crippen LogP contribution in [0.25, 0.3) is 0 Å². The van der Waals surface area contributed by atoms with Crippen molar-refractivity contribution in [3.8, 4) is 0 Å². The molecule has 0 aromatic heterocycles. The van der Waals surface area contributed by atoms with Gasteiger partial charge in [-0.05, 0) is 30.3 Å². The molecule has 0 amide bonds. The van der Waals surface area contributed by atoms with Gasteiger partial charge in [-0.1, -0.05) is 18.2 Å². The molecule has 2 aromatic rings. The minimum absolute atomic E-state index is 0.108. The Balaban J connectivity index is 2.29. The second-order valence-electron chi connectivity index (χ2n) is 4.87. The quantitative estimate of drug-likeness (QED) is 0.871. The van der Waals surface area contributed by atoms with E-state index in [1.54, 1.807) is 6.07 Å². The van der Waals surface area contributed by atoms with Gasteiger partial charge in [-0.2, -0.15) is 4.31 Å². The summed E-state index contributed by atoms with van der Waals surface area (Å²) in [6.45, 7) is -0.147. The summed E-state index contributed by atoms with van der Waals surface area (Å²) >= 11 is 0. The molecule has 2 aromatic carbocycles. The Hall–Kier alpha value is -1.81. The normalized spacial score (nSPS) is 12.5. The van der Waals surface area contributed by atoms with Crippen LogP contribution in [0.5, 0.6) is 0 Å². The largest absolute Gasteiger partial charge is 0.243 e. The Morgan fingerprint density at radius 3 is 2.00 bits per heavy atom. The molecule has 2 rings (SSSR count). The van der Waals surface area contributed by atoms with Crippen LogP contribution in [-0.2, 0) is 26.6 Å². The summed E-state index contributed by atoms with van der Waals surface area (Å²) < 4.78 is 61.8. The Labute approximate surface area is 134 Å². The minimum Gasteiger partial charge on any atom is -0.225 e. The van der Waals surface area contributed by atoms with Crippen LogP contribution in [0.2, 0.25) is 0 Å². The summed E-state index contributed by atoms with van der Waals surface area (Å²) in [5.41, 5.74) is 0.236. The molecule has 0 fully saturated rings. The van der Waals surface area contributed by atoms with E-state index in [4.69, 9.17) is 5.14 Å². The summed E-state index contributed by atoms with van der Waals surface area (Å²) in [5, 5.41) is 4.97. The number of hydrogen-bond acceptors (Lipinski definition) is 4. The third-order valence-corrected chi connectivity index (χ3v) is 5.96. The third kappa shape index (κ3) is 3.94. The fourth-order valence-corrected chi connectivity index (χ4v) is 3.60. The van der Waals surface area contributed by atoms with Crippen molar-refractivity contribution in [1.82, 2.24) is 4.31 Å². The van der Waals surface area contributed by atoms with Crippen LogP contribution in [0.4, 0.5) is 4.39 Å². The van der Waals surface area contributed by atoms with Crippen molar-refractivity contribution in [2.75, 3.05) is 7.05 Å². The highest BCUT2D eigenvalue weighted by Gasteiger charge is 2.22. The molecule has 9 heteroatoms. The van der Waals surface area contributed by atoms with E-state index < -0.39 is 25.9 Å². The number of benzene rings is 2. The number of nitrogens with two attached hydrogens (primary N) is 1. The smallest absolute Gasteiger partial charge is 0.225 e. The summed E-state index contributed by atoms with van der Waals surface area (Å²) in [6, 6.07) is 10.4. The van der Waals surface area contributed by atoms with E-state index >= 15 is 0 Å². The Bertz CT molecular complexity index is 910. The number of rotatable bonds is 5. The molecular weight excluding hydrogens is 343 g/mol. The highest BCUT2D eigenvalue weighted by Crippen LogP contribution is 2.19. The Morgan fingerprint density at radius 1 is 0.957 bits per heavy atom. The SMILES string of the molecule is CN(Cc1ccccc1F)S(=O)(=O)c1ccc(S(N)(=O)=O)cc1. The lowest BCUT2D eigenvalue weighted by molar-refractivity contribution is 0.456. The molecule has 23 heavy (non-hydrogen) atoms. The van der Waals surface area contributed by atoms with E-state index in [1.165, 1.54) is 25.2 Å². The zero-order valence-electron chi connectivity index (χ0n) is 12.2. The van der Waals surface area contributed by atoms with Crippen LogP contribution in [0.15, 0.2) is 58.3 Å². The monoisotopic (exact) mass is 358 g/mol. The molecular formula is C14H15FN2O4S2. The van der Waals surface area contributed by atoms with Gasteiger partial charge >= 0.3 is 0 Å². The summed E-state index contributed by atoms with van der Waals surface area (Å²) in [6.07, 6.45) is 0. The fourth-order valence-electron chi connectivity index (χ4n) is 1.93. The maximum atomic E-state index is 13.6. The highest BCUT2D eigenvalue weighted by atomic mass is 32.2. The van der Waals surface area contributed by atoms with Gasteiger partial charge in [0.2, 0.25) is 20.0 Å². The van der Waals surface area contributed by atoms with Crippen molar-refractivity contribution in [2.45, 2.75) is 16.3 Å². The maximum Gasteiger partial charge on any atom is 0.243 e. The van der Waals surface area contributed by atoms with Gasteiger partial charge in [0.15, 0.2) is 0 Å². The molecule has 0 spiro atoms. The van der Waals surface area contributed by atoms with Crippen molar-refractivity contribution in [1.29, 1.82) is 0 Å². The van der Waals surface area contributed by atoms with Crippen LogP contribution in [-0.4, -0.2) is 28.2 Å². The van der Waals surface area contributed by atoms with Crippen molar-refractivity contribution in [3.05, 3.63) is 59.9 Å². The van der Waals surface area contributed by atoms with Crippen LogP contribution < -0.4 is 5.14 Å². The fraction of sp³-hybridized carbons (Fsp3) is 0.143. The molecule has 0 aliphatic heterocycles. The maximum absolute atomic E-state index is 13.6. The Morgan fingerprint density at radius 2 is 1.48 bits per heavy atom. The van der Waals surface area contributed by atoms with Crippen LogP contribution in [0.3, 0.4) is 0 Å². The van der Waals surface area contributed by atoms with Gasteiger partial charge in [-0.3, -0.25) is 0 Å². The lowest BCUT2D eigenvalue weighted by Gasteiger charge is -2.17. The minimum atomic E-state index is -3.90. The standard InChI is InChI=1S/C14H15FN2O4S2/c1-17(10-11-4-2-3-5-14(11)15)23(20,21)13-8-6-12(7-9-13)22(16,18)19/h2-9H,10H2,1H3,(H2,16,18,19). The zero-order valence-corrected chi connectivity index (χ0v) is 13.8. The summed E-state index contributed by atoms with van der Waals surface area (Å²) in [4.78, 5) is -0.294. The van der Waals surface area contributed by atoms with Crippen LogP contribution in [0, 0.1) is 5.82 Å². The first-order chi connectivity index (χ1) is 10.6. The molecule has 0 heterocycles. The highest BCUT2D eigenvalue weighted by molar-refractivity contribution is 7.89. The molecule has 0 atom stereocenters. The number of hydrogen-bond donors (Lipinski definition) is 1. The van der Waals surface area contributed by atoms with Gasteiger partial charge in [0.05, 0.1) is 9.79 Å². The molecule has 0 aliphatic rings. The van der Waals surface area contributed by atoms with Gasteiger partial charge in [0.25, 0.3) is 0 Å². The van der Waals surface area contributed by atoms with Crippen molar-refractivity contribution >= 4 is 20.0 Å². The molecule has 0 unspecified atom stereocenters. The van der Waals surface area contributed by atoms with Crippen LogP contribution in [0.1, 0.15) is 5.56 Å². The Kier molecular flexibility index (Phi) is 4.85. The van der Waals surface area contributed by atoms with Gasteiger partial charge in [0.1, 0.15) is 5.82 Å². The van der Waals surface area contributed by atoms with Crippen molar-refractivity contribution < 1.29 is 21.2 Å². The van der Waals surface area contributed by atoms with E-state index in [1.807, 2.05) is 0 Å². The number of nitrogens with zero attached hydrogens (tertiary/aromatic N) is 1. The number of sulfonamides is 2. The number of primary sulfonamides is 1. The van der Waals surface area contributed by atoms with E-state index in [2.05, 4.69) is 0 Å². The molecule has 0 bridgehead atoms. The van der Waals surface area contributed by atoms with Gasteiger partial charge < -0.3 is 0 Å². The van der Waals surface area contributed by atoms with Gasteiger partial charge in [0, 0.05) is 19.2 Å².